The summed E-state index contributed by atoms with van der Waals surface area (Å²) in [6.07, 6.45) is 1.79. The Kier molecular flexibility index (Phi) is 3.38. The second-order valence-corrected chi connectivity index (χ2v) is 3.63. The Morgan fingerprint density at radius 2 is 1.93 bits per heavy atom. The highest BCUT2D eigenvalue weighted by atomic mass is 16.5. The van der Waals surface area contributed by atoms with Crippen LogP contribution >= 0.6 is 0 Å². The number of Topliss-reactive ketones (excluding diaryl/α,β-unsaturated/α-hetero) is 2. The SMILES string of the molecule is COC(=O)C(CC(=O)C1CC1)C(C)=O. The molecule has 0 aliphatic heterocycles. The summed E-state index contributed by atoms with van der Waals surface area (Å²) >= 11 is 0. The molecule has 1 rings (SSSR count). The molecule has 0 N–H and O–H groups in total. The number of esters is 1. The molecule has 0 spiro atoms. The van der Waals surface area contributed by atoms with Gasteiger partial charge >= 0.3 is 5.97 Å². The summed E-state index contributed by atoms with van der Waals surface area (Å²) in [5, 5.41) is 0. The zero-order valence-corrected chi connectivity index (χ0v) is 8.41. The van der Waals surface area contributed by atoms with E-state index in [-0.39, 0.29) is 23.9 Å². The first-order valence-corrected chi connectivity index (χ1v) is 4.67. The zero-order chi connectivity index (χ0) is 10.7. The van der Waals surface area contributed by atoms with Gasteiger partial charge in [0.05, 0.1) is 7.11 Å². The minimum atomic E-state index is -0.895. The lowest BCUT2D eigenvalue weighted by Crippen LogP contribution is -2.26. The van der Waals surface area contributed by atoms with Crippen LogP contribution in [0.1, 0.15) is 26.2 Å². The average Bonchev–Trinajstić information content (AvgIpc) is 2.95. The molecule has 0 radical (unpaired) electrons. The maximum atomic E-state index is 11.4. The third-order valence-electron chi connectivity index (χ3n) is 2.41. The maximum absolute atomic E-state index is 11.4. The van der Waals surface area contributed by atoms with Crippen molar-refractivity contribution in [2.45, 2.75) is 26.2 Å². The summed E-state index contributed by atoms with van der Waals surface area (Å²) in [7, 11) is 1.22. The standard InChI is InChI=1S/C10H14O4/c1-6(11)8(10(13)14-2)5-9(12)7-3-4-7/h7-8H,3-5H2,1-2H3. The van der Waals surface area contributed by atoms with E-state index in [9.17, 15) is 14.4 Å². The number of hydrogen-bond donors (Lipinski definition) is 0. The Hall–Kier alpha value is -1.19. The van der Waals surface area contributed by atoms with Gasteiger partial charge in [0.15, 0.2) is 0 Å². The quantitative estimate of drug-likeness (QED) is 0.482. The van der Waals surface area contributed by atoms with Gasteiger partial charge < -0.3 is 4.74 Å². The van der Waals surface area contributed by atoms with Crippen LogP contribution in [0.3, 0.4) is 0 Å². The first-order valence-electron chi connectivity index (χ1n) is 4.67. The Morgan fingerprint density at radius 3 is 2.29 bits per heavy atom. The first-order chi connectivity index (χ1) is 6.56. The predicted molar refractivity (Wildman–Crippen MR) is 48.5 cm³/mol. The Labute approximate surface area is 82.6 Å². The normalized spacial score (nSPS) is 17.3. The van der Waals surface area contributed by atoms with Crippen LogP contribution in [0.4, 0.5) is 0 Å². The zero-order valence-electron chi connectivity index (χ0n) is 8.41. The van der Waals surface area contributed by atoms with Gasteiger partial charge in [0.25, 0.3) is 0 Å². The Bertz CT molecular complexity index is 265. The third kappa shape index (κ3) is 2.65. The molecule has 0 aromatic heterocycles. The number of ketones is 2. The molecule has 1 saturated carbocycles. The van der Waals surface area contributed by atoms with E-state index in [2.05, 4.69) is 4.74 Å². The monoisotopic (exact) mass is 198 g/mol. The number of carbonyl (C=O) groups is 3. The molecule has 1 aliphatic rings. The van der Waals surface area contributed by atoms with E-state index in [1.54, 1.807) is 0 Å². The average molecular weight is 198 g/mol. The lowest BCUT2D eigenvalue weighted by Gasteiger charge is -2.09. The molecule has 0 aromatic carbocycles. The van der Waals surface area contributed by atoms with Crippen LogP contribution in [-0.4, -0.2) is 24.6 Å². The fraction of sp³-hybridized carbons (Fsp3) is 0.700. The van der Waals surface area contributed by atoms with Gasteiger partial charge in [-0.1, -0.05) is 0 Å². The number of ether oxygens (including phenoxy) is 1. The van der Waals surface area contributed by atoms with Crippen molar-refractivity contribution >= 4 is 17.5 Å². The minimum Gasteiger partial charge on any atom is -0.468 e. The molecular weight excluding hydrogens is 184 g/mol. The van der Waals surface area contributed by atoms with Crippen molar-refractivity contribution in [1.82, 2.24) is 0 Å². The lowest BCUT2D eigenvalue weighted by atomic mass is 9.97. The van der Waals surface area contributed by atoms with Crippen LogP contribution in [0.2, 0.25) is 0 Å². The molecule has 0 amide bonds. The van der Waals surface area contributed by atoms with Crippen molar-refractivity contribution in [3.8, 4) is 0 Å². The molecule has 1 aliphatic carbocycles. The van der Waals surface area contributed by atoms with Gasteiger partial charge in [0.2, 0.25) is 0 Å². The van der Waals surface area contributed by atoms with E-state index < -0.39 is 11.9 Å². The fourth-order valence-corrected chi connectivity index (χ4v) is 1.31. The van der Waals surface area contributed by atoms with Gasteiger partial charge in [-0.15, -0.1) is 0 Å². The minimum absolute atomic E-state index is 0.00662. The second-order valence-electron chi connectivity index (χ2n) is 3.63. The van der Waals surface area contributed by atoms with Gasteiger partial charge in [-0.25, -0.2) is 0 Å². The molecule has 4 heteroatoms. The van der Waals surface area contributed by atoms with Crippen molar-refractivity contribution in [1.29, 1.82) is 0 Å². The molecule has 0 bridgehead atoms. The number of methoxy groups -OCH3 is 1. The molecular formula is C10H14O4. The summed E-state index contributed by atoms with van der Waals surface area (Å²) in [5.41, 5.74) is 0. The number of hydrogen-bond acceptors (Lipinski definition) is 4. The van der Waals surface area contributed by atoms with Crippen LogP contribution in [0.25, 0.3) is 0 Å². The highest BCUT2D eigenvalue weighted by Crippen LogP contribution is 2.32. The maximum Gasteiger partial charge on any atom is 0.316 e. The molecule has 1 fully saturated rings. The molecule has 0 aromatic rings. The highest BCUT2D eigenvalue weighted by molar-refractivity contribution is 6.02. The molecule has 14 heavy (non-hydrogen) atoms. The van der Waals surface area contributed by atoms with Crippen LogP contribution in [0, 0.1) is 11.8 Å². The predicted octanol–water partition coefficient (Wildman–Crippen LogP) is 0.734. The van der Waals surface area contributed by atoms with Crippen molar-refractivity contribution in [2.75, 3.05) is 7.11 Å². The van der Waals surface area contributed by atoms with E-state index >= 15 is 0 Å². The van der Waals surface area contributed by atoms with E-state index in [1.165, 1.54) is 14.0 Å². The van der Waals surface area contributed by atoms with Crippen molar-refractivity contribution in [3.63, 3.8) is 0 Å². The smallest absolute Gasteiger partial charge is 0.316 e. The topological polar surface area (TPSA) is 60.4 Å². The van der Waals surface area contributed by atoms with Crippen LogP contribution < -0.4 is 0 Å². The third-order valence-corrected chi connectivity index (χ3v) is 2.41. The molecule has 4 nitrogen and oxygen atoms in total. The van der Waals surface area contributed by atoms with Gasteiger partial charge in [-0.2, -0.15) is 0 Å². The van der Waals surface area contributed by atoms with E-state index in [0.717, 1.165) is 12.8 Å². The molecule has 1 unspecified atom stereocenters. The Morgan fingerprint density at radius 1 is 1.36 bits per heavy atom. The summed E-state index contributed by atoms with van der Waals surface area (Å²) < 4.78 is 4.46. The summed E-state index contributed by atoms with van der Waals surface area (Å²) in [5.74, 6) is -1.71. The van der Waals surface area contributed by atoms with Gasteiger partial charge in [-0.3, -0.25) is 14.4 Å². The van der Waals surface area contributed by atoms with E-state index in [1.807, 2.05) is 0 Å². The van der Waals surface area contributed by atoms with Gasteiger partial charge in [-0.05, 0) is 19.8 Å². The van der Waals surface area contributed by atoms with E-state index in [0.29, 0.717) is 0 Å². The van der Waals surface area contributed by atoms with Crippen LogP contribution in [-0.2, 0) is 19.1 Å². The largest absolute Gasteiger partial charge is 0.468 e. The van der Waals surface area contributed by atoms with Crippen molar-refractivity contribution in [3.05, 3.63) is 0 Å². The van der Waals surface area contributed by atoms with Crippen LogP contribution in [0.5, 0.6) is 0 Å². The van der Waals surface area contributed by atoms with E-state index in [4.69, 9.17) is 0 Å². The molecule has 78 valence electrons. The number of rotatable bonds is 5. The Balaban J connectivity index is 2.54. The summed E-state index contributed by atoms with van der Waals surface area (Å²) in [6, 6.07) is 0. The highest BCUT2D eigenvalue weighted by Gasteiger charge is 2.34. The van der Waals surface area contributed by atoms with Gasteiger partial charge in [0.1, 0.15) is 17.5 Å². The molecule has 1 atom stereocenters. The number of carbonyl (C=O) groups excluding carboxylic acids is 3. The molecule has 0 saturated heterocycles. The molecule has 0 heterocycles. The summed E-state index contributed by atoms with van der Waals surface area (Å²) in [6.45, 7) is 1.31. The second kappa shape index (κ2) is 4.35. The van der Waals surface area contributed by atoms with Crippen molar-refractivity contribution < 1.29 is 19.1 Å². The lowest BCUT2D eigenvalue weighted by molar-refractivity contribution is -0.150. The van der Waals surface area contributed by atoms with Gasteiger partial charge in [0, 0.05) is 12.3 Å². The van der Waals surface area contributed by atoms with Crippen molar-refractivity contribution in [2.24, 2.45) is 11.8 Å². The summed E-state index contributed by atoms with van der Waals surface area (Å²) in [4.78, 5) is 33.6. The fourth-order valence-electron chi connectivity index (χ4n) is 1.31. The van der Waals surface area contributed by atoms with Crippen LogP contribution in [0.15, 0.2) is 0 Å². The first kappa shape index (κ1) is 10.9.